The van der Waals surface area contributed by atoms with Crippen LogP contribution in [0.1, 0.15) is 31.7 Å². The summed E-state index contributed by atoms with van der Waals surface area (Å²) in [6, 6.07) is 10.2. The van der Waals surface area contributed by atoms with Crippen molar-refractivity contribution in [3.05, 3.63) is 35.9 Å². The molecule has 1 aromatic carbocycles. The van der Waals surface area contributed by atoms with E-state index in [9.17, 15) is 5.11 Å². The standard InChI is InChI=1S/C13H18O/c1-13(14,10-12-7-8-12)9-11-5-3-2-4-6-11/h2-6,12,14H,7-10H2,1H3. The van der Waals surface area contributed by atoms with Gasteiger partial charge in [0, 0.05) is 6.42 Å². The summed E-state index contributed by atoms with van der Waals surface area (Å²) >= 11 is 0. The number of hydrogen-bond donors (Lipinski definition) is 1. The van der Waals surface area contributed by atoms with E-state index >= 15 is 0 Å². The second-order valence-corrected chi connectivity index (χ2v) is 4.81. The van der Waals surface area contributed by atoms with Crippen molar-refractivity contribution in [2.45, 2.75) is 38.2 Å². The molecule has 1 aromatic rings. The third kappa shape index (κ3) is 2.85. The monoisotopic (exact) mass is 190 g/mol. The lowest BCUT2D eigenvalue weighted by molar-refractivity contribution is 0.0455. The molecule has 14 heavy (non-hydrogen) atoms. The topological polar surface area (TPSA) is 20.2 Å². The fourth-order valence-corrected chi connectivity index (χ4v) is 2.05. The summed E-state index contributed by atoms with van der Waals surface area (Å²) in [6.07, 6.45) is 4.36. The van der Waals surface area contributed by atoms with Gasteiger partial charge in [-0.2, -0.15) is 0 Å². The zero-order valence-electron chi connectivity index (χ0n) is 8.74. The summed E-state index contributed by atoms with van der Waals surface area (Å²) in [5.41, 5.74) is 0.723. The van der Waals surface area contributed by atoms with E-state index in [1.807, 2.05) is 25.1 Å². The predicted molar refractivity (Wildman–Crippen MR) is 58.1 cm³/mol. The van der Waals surface area contributed by atoms with Crippen LogP contribution in [0.15, 0.2) is 30.3 Å². The predicted octanol–water partition coefficient (Wildman–Crippen LogP) is 2.78. The third-order valence-corrected chi connectivity index (χ3v) is 2.85. The minimum Gasteiger partial charge on any atom is -0.390 e. The molecule has 1 fully saturated rings. The van der Waals surface area contributed by atoms with Gasteiger partial charge in [-0.05, 0) is 24.8 Å². The van der Waals surface area contributed by atoms with Crippen LogP contribution in [-0.2, 0) is 6.42 Å². The Morgan fingerprint density at radius 1 is 1.29 bits per heavy atom. The Hall–Kier alpha value is -0.820. The van der Waals surface area contributed by atoms with Crippen molar-refractivity contribution in [3.8, 4) is 0 Å². The highest BCUT2D eigenvalue weighted by Gasteiger charge is 2.31. The van der Waals surface area contributed by atoms with E-state index in [4.69, 9.17) is 0 Å². The highest BCUT2D eigenvalue weighted by molar-refractivity contribution is 5.16. The summed E-state index contributed by atoms with van der Waals surface area (Å²) in [5.74, 6) is 0.786. The van der Waals surface area contributed by atoms with Gasteiger partial charge in [0.2, 0.25) is 0 Å². The number of benzene rings is 1. The highest BCUT2D eigenvalue weighted by Crippen LogP contribution is 2.37. The summed E-state index contributed by atoms with van der Waals surface area (Å²) < 4.78 is 0. The van der Waals surface area contributed by atoms with E-state index in [0.717, 1.165) is 18.8 Å². The lowest BCUT2D eigenvalue weighted by atomic mass is 9.91. The van der Waals surface area contributed by atoms with Crippen molar-refractivity contribution in [2.24, 2.45) is 5.92 Å². The average Bonchev–Trinajstić information content (AvgIpc) is 2.88. The van der Waals surface area contributed by atoms with Crippen LogP contribution in [0.2, 0.25) is 0 Å². The van der Waals surface area contributed by atoms with Crippen molar-refractivity contribution < 1.29 is 5.11 Å². The molecule has 76 valence electrons. The molecule has 0 radical (unpaired) electrons. The SMILES string of the molecule is CC(O)(Cc1ccccc1)CC1CC1. The molecule has 0 spiro atoms. The maximum absolute atomic E-state index is 10.2. The highest BCUT2D eigenvalue weighted by atomic mass is 16.3. The van der Waals surface area contributed by atoms with Crippen LogP contribution in [0.5, 0.6) is 0 Å². The van der Waals surface area contributed by atoms with Gasteiger partial charge in [-0.1, -0.05) is 43.2 Å². The van der Waals surface area contributed by atoms with E-state index in [1.165, 1.54) is 18.4 Å². The van der Waals surface area contributed by atoms with Crippen molar-refractivity contribution in [3.63, 3.8) is 0 Å². The van der Waals surface area contributed by atoms with Crippen LogP contribution < -0.4 is 0 Å². The molecule has 1 atom stereocenters. The number of aliphatic hydroxyl groups is 1. The fourth-order valence-electron chi connectivity index (χ4n) is 2.05. The van der Waals surface area contributed by atoms with E-state index in [2.05, 4.69) is 12.1 Å². The summed E-state index contributed by atoms with van der Waals surface area (Å²) in [4.78, 5) is 0. The molecule has 1 nitrogen and oxygen atoms in total. The Balaban J connectivity index is 1.94. The third-order valence-electron chi connectivity index (χ3n) is 2.85. The first-order valence-corrected chi connectivity index (χ1v) is 5.42. The summed E-state index contributed by atoms with van der Waals surface area (Å²) in [5, 5.41) is 10.2. The van der Waals surface area contributed by atoms with Gasteiger partial charge in [-0.3, -0.25) is 0 Å². The Labute approximate surface area is 85.8 Å². The van der Waals surface area contributed by atoms with E-state index < -0.39 is 5.60 Å². The second kappa shape index (κ2) is 3.74. The first kappa shape index (κ1) is 9.72. The zero-order chi connectivity index (χ0) is 10.0. The van der Waals surface area contributed by atoms with Crippen LogP contribution in [0.3, 0.4) is 0 Å². The average molecular weight is 190 g/mol. The van der Waals surface area contributed by atoms with Crippen molar-refractivity contribution in [2.75, 3.05) is 0 Å². The maximum Gasteiger partial charge on any atom is 0.0662 e. The Morgan fingerprint density at radius 3 is 2.50 bits per heavy atom. The summed E-state index contributed by atoms with van der Waals surface area (Å²) in [6.45, 7) is 1.96. The van der Waals surface area contributed by atoms with Gasteiger partial charge in [0.25, 0.3) is 0 Å². The number of rotatable bonds is 4. The quantitative estimate of drug-likeness (QED) is 0.774. The van der Waals surface area contributed by atoms with Crippen LogP contribution in [0.4, 0.5) is 0 Å². The van der Waals surface area contributed by atoms with Crippen LogP contribution in [-0.4, -0.2) is 10.7 Å². The van der Waals surface area contributed by atoms with Gasteiger partial charge < -0.3 is 5.11 Å². The van der Waals surface area contributed by atoms with Crippen LogP contribution in [0, 0.1) is 5.92 Å². The lowest BCUT2D eigenvalue weighted by Gasteiger charge is -2.23. The van der Waals surface area contributed by atoms with Crippen molar-refractivity contribution >= 4 is 0 Å². The second-order valence-electron chi connectivity index (χ2n) is 4.81. The molecule has 0 aromatic heterocycles. The van der Waals surface area contributed by atoms with Gasteiger partial charge >= 0.3 is 0 Å². The van der Waals surface area contributed by atoms with Crippen molar-refractivity contribution in [1.29, 1.82) is 0 Å². The molecular formula is C13H18O. The smallest absolute Gasteiger partial charge is 0.0662 e. The largest absolute Gasteiger partial charge is 0.390 e. The first-order chi connectivity index (χ1) is 6.66. The van der Waals surface area contributed by atoms with E-state index in [-0.39, 0.29) is 0 Å². The molecule has 0 saturated heterocycles. The molecular weight excluding hydrogens is 172 g/mol. The van der Waals surface area contributed by atoms with Gasteiger partial charge in [0.05, 0.1) is 5.60 Å². The zero-order valence-corrected chi connectivity index (χ0v) is 8.74. The maximum atomic E-state index is 10.2. The minimum absolute atomic E-state index is 0.511. The molecule has 1 aliphatic carbocycles. The molecule has 2 rings (SSSR count). The van der Waals surface area contributed by atoms with Crippen LogP contribution >= 0.6 is 0 Å². The Kier molecular flexibility index (Phi) is 2.60. The molecule has 1 heteroatoms. The molecule has 1 aliphatic rings. The normalized spacial score (nSPS) is 20.4. The van der Waals surface area contributed by atoms with Crippen LogP contribution in [0.25, 0.3) is 0 Å². The number of hydrogen-bond acceptors (Lipinski definition) is 1. The van der Waals surface area contributed by atoms with Gasteiger partial charge in [0.1, 0.15) is 0 Å². The van der Waals surface area contributed by atoms with Gasteiger partial charge in [-0.25, -0.2) is 0 Å². The Bertz CT molecular complexity index is 285. The molecule has 0 aliphatic heterocycles. The molecule has 0 amide bonds. The molecule has 0 heterocycles. The Morgan fingerprint density at radius 2 is 1.93 bits per heavy atom. The van der Waals surface area contributed by atoms with E-state index in [0.29, 0.717) is 0 Å². The van der Waals surface area contributed by atoms with Crippen molar-refractivity contribution in [1.82, 2.24) is 0 Å². The van der Waals surface area contributed by atoms with Gasteiger partial charge in [-0.15, -0.1) is 0 Å². The molecule has 1 saturated carbocycles. The van der Waals surface area contributed by atoms with E-state index in [1.54, 1.807) is 0 Å². The fraction of sp³-hybridized carbons (Fsp3) is 0.538. The first-order valence-electron chi connectivity index (χ1n) is 5.42. The molecule has 1 unspecified atom stereocenters. The molecule has 0 bridgehead atoms. The molecule has 1 N–H and O–H groups in total. The van der Waals surface area contributed by atoms with Gasteiger partial charge in [0.15, 0.2) is 0 Å². The summed E-state index contributed by atoms with van der Waals surface area (Å²) in [7, 11) is 0. The lowest BCUT2D eigenvalue weighted by Crippen LogP contribution is -2.27. The minimum atomic E-state index is -0.511.